The van der Waals surface area contributed by atoms with Crippen molar-refractivity contribution in [2.75, 3.05) is 13.7 Å². The van der Waals surface area contributed by atoms with Crippen LogP contribution in [0.15, 0.2) is 0 Å². The normalized spacial score (nSPS) is 53.3. The predicted molar refractivity (Wildman–Crippen MR) is 97.9 cm³/mol. The van der Waals surface area contributed by atoms with Crippen molar-refractivity contribution in [3.63, 3.8) is 0 Å². The Bertz CT molecular complexity index is 690. The van der Waals surface area contributed by atoms with Gasteiger partial charge < -0.3 is 14.2 Å². The van der Waals surface area contributed by atoms with Crippen molar-refractivity contribution in [2.24, 2.45) is 34.0 Å². The second kappa shape index (κ2) is 5.42. The molecule has 5 heteroatoms. The molecule has 0 unspecified atom stereocenters. The van der Waals surface area contributed by atoms with Crippen LogP contribution < -0.4 is 0 Å². The van der Waals surface area contributed by atoms with E-state index in [9.17, 15) is 9.59 Å². The Kier molecular flexibility index (Phi) is 3.57. The van der Waals surface area contributed by atoms with Gasteiger partial charge in [0.15, 0.2) is 5.60 Å². The molecule has 2 spiro atoms. The third-order valence-corrected chi connectivity index (χ3v) is 9.67. The number of cyclic esters (lactones) is 1. The average molecular weight is 376 g/mol. The summed E-state index contributed by atoms with van der Waals surface area (Å²) in [5.41, 5.74) is -0.329. The van der Waals surface area contributed by atoms with E-state index in [1.807, 2.05) is 0 Å². The molecule has 1 saturated heterocycles. The molecular formula is C22H32O5. The molecule has 0 aromatic rings. The van der Waals surface area contributed by atoms with E-state index in [0.717, 1.165) is 44.9 Å². The number of fused-ring (bicyclic) bond motifs is 4. The monoisotopic (exact) mass is 376 g/mol. The first-order valence-corrected chi connectivity index (χ1v) is 10.7. The van der Waals surface area contributed by atoms with Crippen molar-refractivity contribution in [3.8, 4) is 0 Å². The molecule has 0 amide bonds. The molecule has 4 aliphatic carbocycles. The maximum absolute atomic E-state index is 12.7. The topological polar surface area (TPSA) is 61.8 Å². The lowest BCUT2D eigenvalue weighted by atomic mass is 9.41. The maximum atomic E-state index is 12.7. The molecule has 1 aliphatic heterocycles. The Balaban J connectivity index is 1.51. The van der Waals surface area contributed by atoms with Gasteiger partial charge in [-0.2, -0.15) is 0 Å². The molecular weight excluding hydrogens is 344 g/mol. The fraction of sp³-hybridized carbons (Fsp3) is 0.909. The van der Waals surface area contributed by atoms with E-state index in [1.165, 1.54) is 20.0 Å². The highest BCUT2D eigenvalue weighted by Gasteiger charge is 2.70. The fourth-order valence-electron chi connectivity index (χ4n) is 8.77. The van der Waals surface area contributed by atoms with Crippen LogP contribution in [0, 0.1) is 34.0 Å². The SMILES string of the molecule is COC(=O)[C@]1(C)CCC[C@@]2(C)[C@@H]3CC[C@@H]4C[C@@]3(CC[C@@H]21)C[C@@]41COC(=O)O1. The lowest BCUT2D eigenvalue weighted by Crippen LogP contribution is -2.58. The zero-order valence-corrected chi connectivity index (χ0v) is 16.8. The van der Waals surface area contributed by atoms with Gasteiger partial charge in [-0.1, -0.05) is 13.3 Å². The molecule has 5 fully saturated rings. The van der Waals surface area contributed by atoms with E-state index >= 15 is 0 Å². The van der Waals surface area contributed by atoms with Gasteiger partial charge in [0.25, 0.3) is 0 Å². The smallest absolute Gasteiger partial charge is 0.469 e. The molecule has 7 atom stereocenters. The summed E-state index contributed by atoms with van der Waals surface area (Å²) in [6.07, 6.45) is 9.39. The second-order valence-corrected chi connectivity index (χ2v) is 10.6. The number of carbonyl (C=O) groups excluding carboxylic acids is 2. The van der Waals surface area contributed by atoms with Crippen molar-refractivity contribution in [3.05, 3.63) is 0 Å². The molecule has 5 nitrogen and oxygen atoms in total. The Morgan fingerprint density at radius 3 is 2.63 bits per heavy atom. The number of rotatable bonds is 1. The molecule has 0 aromatic carbocycles. The number of hydrogen-bond donors (Lipinski definition) is 0. The predicted octanol–water partition coefficient (Wildman–Crippen LogP) is 4.48. The molecule has 27 heavy (non-hydrogen) atoms. The van der Waals surface area contributed by atoms with Crippen LogP contribution in [-0.2, 0) is 19.0 Å². The molecule has 2 bridgehead atoms. The first-order chi connectivity index (χ1) is 12.8. The highest BCUT2D eigenvalue weighted by molar-refractivity contribution is 5.77. The van der Waals surface area contributed by atoms with Crippen LogP contribution in [0.2, 0.25) is 0 Å². The number of methoxy groups -OCH3 is 1. The second-order valence-electron chi connectivity index (χ2n) is 10.6. The van der Waals surface area contributed by atoms with Gasteiger partial charge in [0, 0.05) is 5.92 Å². The van der Waals surface area contributed by atoms with Crippen LogP contribution in [0.5, 0.6) is 0 Å². The molecule has 0 N–H and O–H groups in total. The zero-order valence-electron chi connectivity index (χ0n) is 16.8. The first kappa shape index (κ1) is 17.8. The largest absolute Gasteiger partial charge is 0.509 e. The highest BCUT2D eigenvalue weighted by Crippen LogP contribution is 2.73. The van der Waals surface area contributed by atoms with Crippen LogP contribution in [0.4, 0.5) is 4.79 Å². The first-order valence-electron chi connectivity index (χ1n) is 10.7. The summed E-state index contributed by atoms with van der Waals surface area (Å²) in [5, 5.41) is 0. The van der Waals surface area contributed by atoms with Crippen LogP contribution in [0.25, 0.3) is 0 Å². The van der Waals surface area contributed by atoms with Gasteiger partial charge in [0.05, 0.1) is 12.5 Å². The van der Waals surface area contributed by atoms with Crippen LogP contribution in [-0.4, -0.2) is 31.4 Å². The van der Waals surface area contributed by atoms with Crippen molar-refractivity contribution in [2.45, 2.75) is 77.2 Å². The number of carbonyl (C=O) groups is 2. The molecule has 5 rings (SSSR count). The Morgan fingerprint density at radius 2 is 1.93 bits per heavy atom. The van der Waals surface area contributed by atoms with E-state index in [2.05, 4.69) is 13.8 Å². The van der Waals surface area contributed by atoms with Gasteiger partial charge in [0.2, 0.25) is 0 Å². The van der Waals surface area contributed by atoms with Crippen LogP contribution >= 0.6 is 0 Å². The molecule has 0 aromatic heterocycles. The lowest BCUT2D eigenvalue weighted by Gasteiger charge is -2.63. The van der Waals surface area contributed by atoms with Gasteiger partial charge >= 0.3 is 12.1 Å². The van der Waals surface area contributed by atoms with E-state index in [1.54, 1.807) is 0 Å². The third-order valence-electron chi connectivity index (χ3n) is 9.67. The zero-order chi connectivity index (χ0) is 19.1. The van der Waals surface area contributed by atoms with Gasteiger partial charge in [-0.3, -0.25) is 4.79 Å². The number of esters is 1. The Morgan fingerprint density at radius 1 is 1.11 bits per heavy atom. The van der Waals surface area contributed by atoms with E-state index < -0.39 is 6.16 Å². The van der Waals surface area contributed by atoms with E-state index in [0.29, 0.717) is 24.4 Å². The Hall–Kier alpha value is -1.26. The van der Waals surface area contributed by atoms with Gasteiger partial charge in [0.1, 0.15) is 6.61 Å². The van der Waals surface area contributed by atoms with Crippen LogP contribution in [0.1, 0.15) is 71.6 Å². The van der Waals surface area contributed by atoms with Crippen molar-refractivity contribution >= 4 is 12.1 Å². The summed E-state index contributed by atoms with van der Waals surface area (Å²) in [7, 11) is 1.53. The van der Waals surface area contributed by atoms with Crippen LogP contribution in [0.3, 0.4) is 0 Å². The van der Waals surface area contributed by atoms with Crippen molar-refractivity contribution in [1.29, 1.82) is 0 Å². The summed E-state index contributed by atoms with van der Waals surface area (Å²) in [6.45, 7) is 5.03. The van der Waals surface area contributed by atoms with Crippen molar-refractivity contribution < 1.29 is 23.8 Å². The van der Waals surface area contributed by atoms with E-state index in [4.69, 9.17) is 14.2 Å². The minimum Gasteiger partial charge on any atom is -0.469 e. The summed E-state index contributed by atoms with van der Waals surface area (Å²) in [6, 6.07) is 0. The average Bonchev–Trinajstić information content (AvgIpc) is 3.11. The maximum Gasteiger partial charge on any atom is 0.509 e. The van der Waals surface area contributed by atoms with E-state index in [-0.39, 0.29) is 27.8 Å². The standard InChI is InChI=1S/C22H32O5/c1-19-8-4-9-20(2,17(23)25-3)15(19)7-10-21-11-14(5-6-16(19)21)22(12-21)13-26-18(24)27-22/h14-16H,4-13H2,1-3H3/t14-,15+,16+,19-,20-,21+,22-/m1/s1. The molecule has 150 valence electrons. The highest BCUT2D eigenvalue weighted by atomic mass is 16.8. The quantitative estimate of drug-likeness (QED) is 0.632. The number of hydrogen-bond acceptors (Lipinski definition) is 5. The van der Waals surface area contributed by atoms with Gasteiger partial charge in [-0.15, -0.1) is 0 Å². The van der Waals surface area contributed by atoms with Gasteiger partial charge in [-0.05, 0) is 81.0 Å². The minimum absolute atomic E-state index is 0.0240. The summed E-state index contributed by atoms with van der Waals surface area (Å²) in [4.78, 5) is 24.5. The molecule has 5 aliphatic rings. The fourth-order valence-corrected chi connectivity index (χ4v) is 8.77. The number of ether oxygens (including phenoxy) is 3. The molecule has 4 saturated carbocycles. The summed E-state index contributed by atoms with van der Waals surface area (Å²) < 4.78 is 16.3. The summed E-state index contributed by atoms with van der Waals surface area (Å²) >= 11 is 0. The van der Waals surface area contributed by atoms with Crippen molar-refractivity contribution in [1.82, 2.24) is 0 Å². The van der Waals surface area contributed by atoms with Gasteiger partial charge in [-0.25, -0.2) is 4.79 Å². The molecule has 0 radical (unpaired) electrons. The summed E-state index contributed by atoms with van der Waals surface area (Å²) in [5.74, 6) is 1.40. The third kappa shape index (κ3) is 2.12. The molecule has 1 heterocycles. The lowest BCUT2D eigenvalue weighted by molar-refractivity contribution is -0.184. The minimum atomic E-state index is -0.480. The Labute approximate surface area is 161 Å².